The molecule has 0 aromatic heterocycles. The highest BCUT2D eigenvalue weighted by Gasteiger charge is 2.26. The van der Waals surface area contributed by atoms with Crippen LogP contribution in [0.1, 0.15) is 71.6 Å². The molecular weight excluding hydrogens is 244 g/mol. The van der Waals surface area contributed by atoms with Gasteiger partial charge in [0.05, 0.1) is 0 Å². The summed E-state index contributed by atoms with van der Waals surface area (Å²) in [4.78, 5) is 2.77. The lowest BCUT2D eigenvalue weighted by Gasteiger charge is -2.36. The van der Waals surface area contributed by atoms with Crippen molar-refractivity contribution in [3.8, 4) is 0 Å². The van der Waals surface area contributed by atoms with E-state index in [0.717, 1.165) is 24.4 Å². The molecule has 1 saturated heterocycles. The van der Waals surface area contributed by atoms with Crippen molar-refractivity contribution in [2.24, 2.45) is 11.8 Å². The first-order valence-corrected chi connectivity index (χ1v) is 9.29. The monoisotopic (exact) mass is 280 g/mol. The molecule has 1 aliphatic carbocycles. The van der Waals surface area contributed by atoms with Crippen LogP contribution in [0.3, 0.4) is 0 Å². The molecule has 2 aliphatic rings. The van der Waals surface area contributed by atoms with Crippen LogP contribution in [0.25, 0.3) is 0 Å². The van der Waals surface area contributed by atoms with Gasteiger partial charge in [0.1, 0.15) is 0 Å². The SMILES string of the molecule is CCCC1CCN(CC2CCCCCC2NCC)CC1. The maximum Gasteiger partial charge on any atom is 0.0107 e. The van der Waals surface area contributed by atoms with Crippen LogP contribution in [0.5, 0.6) is 0 Å². The first-order valence-electron chi connectivity index (χ1n) is 9.29. The van der Waals surface area contributed by atoms with Crippen LogP contribution in [-0.2, 0) is 0 Å². The summed E-state index contributed by atoms with van der Waals surface area (Å²) in [6.45, 7) is 9.81. The summed E-state index contributed by atoms with van der Waals surface area (Å²) in [5.74, 6) is 1.93. The second-order valence-electron chi connectivity index (χ2n) is 7.09. The summed E-state index contributed by atoms with van der Waals surface area (Å²) in [6, 6.07) is 0.788. The lowest BCUT2D eigenvalue weighted by molar-refractivity contribution is 0.139. The van der Waals surface area contributed by atoms with Gasteiger partial charge < -0.3 is 10.2 Å². The molecule has 0 aromatic rings. The Balaban J connectivity index is 1.78. The van der Waals surface area contributed by atoms with E-state index in [2.05, 4.69) is 24.1 Å². The number of piperidine rings is 1. The van der Waals surface area contributed by atoms with Gasteiger partial charge in [0.25, 0.3) is 0 Å². The molecule has 2 unspecified atom stereocenters. The summed E-state index contributed by atoms with van der Waals surface area (Å²) >= 11 is 0. The summed E-state index contributed by atoms with van der Waals surface area (Å²) in [5, 5.41) is 3.77. The van der Waals surface area contributed by atoms with Gasteiger partial charge in [0.15, 0.2) is 0 Å². The Kier molecular flexibility index (Phi) is 7.37. The van der Waals surface area contributed by atoms with E-state index < -0.39 is 0 Å². The van der Waals surface area contributed by atoms with Crippen molar-refractivity contribution in [1.82, 2.24) is 10.2 Å². The first kappa shape index (κ1) is 16.3. The molecule has 20 heavy (non-hydrogen) atoms. The van der Waals surface area contributed by atoms with Gasteiger partial charge in [-0.05, 0) is 57.2 Å². The third-order valence-electron chi connectivity index (χ3n) is 5.52. The van der Waals surface area contributed by atoms with E-state index in [9.17, 15) is 0 Å². The van der Waals surface area contributed by atoms with Gasteiger partial charge >= 0.3 is 0 Å². The fourth-order valence-corrected chi connectivity index (χ4v) is 4.33. The second-order valence-corrected chi connectivity index (χ2v) is 7.09. The molecule has 0 aromatic carbocycles. The molecule has 2 heteroatoms. The average molecular weight is 280 g/mol. The van der Waals surface area contributed by atoms with Gasteiger partial charge in [-0.2, -0.15) is 0 Å². The third kappa shape index (κ3) is 5.04. The Labute approximate surface area is 126 Å². The van der Waals surface area contributed by atoms with Crippen LogP contribution < -0.4 is 5.32 Å². The summed E-state index contributed by atoms with van der Waals surface area (Å²) < 4.78 is 0. The fraction of sp³-hybridized carbons (Fsp3) is 1.00. The predicted octanol–water partition coefficient (Wildman–Crippen LogP) is 4.06. The number of hydrogen-bond donors (Lipinski definition) is 1. The van der Waals surface area contributed by atoms with Crippen LogP contribution in [0.4, 0.5) is 0 Å². The number of likely N-dealkylation sites (tertiary alicyclic amines) is 1. The molecule has 118 valence electrons. The van der Waals surface area contributed by atoms with Crippen LogP contribution in [0.2, 0.25) is 0 Å². The van der Waals surface area contributed by atoms with E-state index in [4.69, 9.17) is 0 Å². The summed E-state index contributed by atoms with van der Waals surface area (Å²) in [6.07, 6.45) is 12.9. The fourth-order valence-electron chi connectivity index (χ4n) is 4.33. The Bertz CT molecular complexity index is 246. The third-order valence-corrected chi connectivity index (χ3v) is 5.52. The van der Waals surface area contributed by atoms with Crippen molar-refractivity contribution in [2.75, 3.05) is 26.2 Å². The summed E-state index contributed by atoms with van der Waals surface area (Å²) in [5.41, 5.74) is 0. The molecule has 1 saturated carbocycles. The standard InChI is InChI=1S/C18H36N2/c1-3-8-16-11-13-20(14-12-16)15-17-9-6-5-7-10-18(17)19-4-2/h16-19H,3-15H2,1-2H3. The number of nitrogens with zero attached hydrogens (tertiary/aromatic N) is 1. The molecule has 2 nitrogen and oxygen atoms in total. The highest BCUT2D eigenvalue weighted by atomic mass is 15.1. The smallest absolute Gasteiger partial charge is 0.0107 e. The van der Waals surface area contributed by atoms with Crippen LogP contribution in [-0.4, -0.2) is 37.1 Å². The highest BCUT2D eigenvalue weighted by Crippen LogP contribution is 2.27. The Morgan fingerprint density at radius 1 is 0.950 bits per heavy atom. The van der Waals surface area contributed by atoms with Gasteiger partial charge in [0.2, 0.25) is 0 Å². The summed E-state index contributed by atoms with van der Waals surface area (Å²) in [7, 11) is 0. The van der Waals surface area contributed by atoms with Crippen LogP contribution in [0.15, 0.2) is 0 Å². The van der Waals surface area contributed by atoms with Gasteiger partial charge in [-0.25, -0.2) is 0 Å². The lowest BCUT2D eigenvalue weighted by atomic mass is 9.90. The second kappa shape index (κ2) is 9.04. The number of rotatable bonds is 6. The van der Waals surface area contributed by atoms with Crippen molar-refractivity contribution in [3.05, 3.63) is 0 Å². The number of hydrogen-bond acceptors (Lipinski definition) is 2. The van der Waals surface area contributed by atoms with Gasteiger partial charge in [-0.3, -0.25) is 0 Å². The molecule has 2 rings (SSSR count). The van der Waals surface area contributed by atoms with E-state index in [1.54, 1.807) is 0 Å². The lowest BCUT2D eigenvalue weighted by Crippen LogP contribution is -2.44. The largest absolute Gasteiger partial charge is 0.314 e. The van der Waals surface area contributed by atoms with E-state index in [-0.39, 0.29) is 0 Å². The zero-order valence-electron chi connectivity index (χ0n) is 13.9. The Hall–Kier alpha value is -0.0800. The van der Waals surface area contributed by atoms with Crippen molar-refractivity contribution < 1.29 is 0 Å². The predicted molar refractivity (Wildman–Crippen MR) is 88.1 cm³/mol. The first-order chi connectivity index (χ1) is 9.83. The molecule has 0 spiro atoms. The minimum Gasteiger partial charge on any atom is -0.314 e. The molecule has 0 bridgehead atoms. The zero-order valence-corrected chi connectivity index (χ0v) is 13.9. The van der Waals surface area contributed by atoms with E-state index in [1.165, 1.54) is 77.4 Å². The van der Waals surface area contributed by atoms with E-state index >= 15 is 0 Å². The molecule has 1 heterocycles. The van der Waals surface area contributed by atoms with E-state index in [1.807, 2.05) is 0 Å². The quantitative estimate of drug-likeness (QED) is 0.738. The van der Waals surface area contributed by atoms with E-state index in [0.29, 0.717) is 0 Å². The topological polar surface area (TPSA) is 15.3 Å². The zero-order chi connectivity index (χ0) is 14.2. The molecule has 0 radical (unpaired) electrons. The van der Waals surface area contributed by atoms with Crippen molar-refractivity contribution in [3.63, 3.8) is 0 Å². The minimum atomic E-state index is 0.788. The van der Waals surface area contributed by atoms with Crippen molar-refractivity contribution >= 4 is 0 Å². The normalized spacial score (nSPS) is 30.3. The number of nitrogens with one attached hydrogen (secondary N) is 1. The van der Waals surface area contributed by atoms with Crippen LogP contribution in [0, 0.1) is 11.8 Å². The van der Waals surface area contributed by atoms with Gasteiger partial charge in [-0.15, -0.1) is 0 Å². The van der Waals surface area contributed by atoms with Gasteiger partial charge in [-0.1, -0.05) is 46.0 Å². The maximum atomic E-state index is 3.77. The van der Waals surface area contributed by atoms with Crippen molar-refractivity contribution in [1.29, 1.82) is 0 Å². The molecule has 0 amide bonds. The Morgan fingerprint density at radius 2 is 1.70 bits per heavy atom. The van der Waals surface area contributed by atoms with Crippen molar-refractivity contribution in [2.45, 2.75) is 77.7 Å². The minimum absolute atomic E-state index is 0.788. The van der Waals surface area contributed by atoms with Gasteiger partial charge in [0, 0.05) is 12.6 Å². The molecule has 2 atom stereocenters. The Morgan fingerprint density at radius 3 is 2.40 bits per heavy atom. The molecule has 1 aliphatic heterocycles. The maximum absolute atomic E-state index is 3.77. The van der Waals surface area contributed by atoms with Crippen LogP contribution >= 0.6 is 0 Å². The average Bonchev–Trinajstić information content (AvgIpc) is 2.68. The molecular formula is C18H36N2. The highest BCUT2D eigenvalue weighted by molar-refractivity contribution is 4.83. The molecule has 2 fully saturated rings. The molecule has 1 N–H and O–H groups in total.